The van der Waals surface area contributed by atoms with Crippen LogP contribution in [0.2, 0.25) is 0 Å². The predicted molar refractivity (Wildman–Crippen MR) is 70.3 cm³/mol. The number of alkyl carbamates (subject to hydrolysis) is 1. The summed E-state index contributed by atoms with van der Waals surface area (Å²) in [6.07, 6.45) is -0.343. The number of ether oxygens (including phenoxy) is 1. The molecule has 1 amide bonds. The average Bonchev–Trinajstić information content (AvgIpc) is 2.26. The van der Waals surface area contributed by atoms with Crippen molar-refractivity contribution in [1.82, 2.24) is 5.32 Å². The fraction of sp³-hybridized carbons (Fsp3) is 0.833. The molecule has 1 aliphatic rings. The predicted octanol–water partition coefficient (Wildman–Crippen LogP) is 1.66. The molecule has 2 N–H and O–H groups in total. The van der Waals surface area contributed by atoms with E-state index in [2.05, 4.69) is 5.32 Å². The van der Waals surface area contributed by atoms with Crippen molar-refractivity contribution in [3.05, 3.63) is 0 Å². The molecule has 0 saturated carbocycles. The van der Waals surface area contributed by atoms with Gasteiger partial charge in [0, 0.05) is 5.75 Å². The number of hydrogen-bond acceptors (Lipinski definition) is 5. The van der Waals surface area contributed by atoms with Crippen LogP contribution in [-0.4, -0.2) is 39.9 Å². The molecule has 6 heteroatoms. The molecule has 1 rings (SSSR count). The lowest BCUT2D eigenvalue weighted by Gasteiger charge is -2.38. The number of aliphatic hydroxyl groups excluding tert-OH is 1. The number of nitrogens with zero attached hydrogens (tertiary/aromatic N) is 1. The van der Waals surface area contributed by atoms with Gasteiger partial charge in [0.05, 0.1) is 11.6 Å². The minimum atomic E-state index is -1.21. The van der Waals surface area contributed by atoms with Crippen LogP contribution in [0.3, 0.4) is 0 Å². The molecule has 0 aliphatic carbocycles. The molecule has 5 nitrogen and oxygen atoms in total. The molecule has 0 bridgehead atoms. The molecule has 0 aromatic heterocycles. The normalized spacial score (nSPS) is 25.9. The minimum absolute atomic E-state index is 0.529. The van der Waals surface area contributed by atoms with E-state index in [0.717, 1.165) is 12.2 Å². The molecular weight excluding hydrogens is 252 g/mol. The van der Waals surface area contributed by atoms with Crippen molar-refractivity contribution < 1.29 is 14.6 Å². The highest BCUT2D eigenvalue weighted by Gasteiger charge is 2.42. The highest BCUT2D eigenvalue weighted by molar-refractivity contribution is 7.99. The van der Waals surface area contributed by atoms with Crippen LogP contribution >= 0.6 is 11.8 Å². The molecule has 0 radical (unpaired) electrons. The number of hydrogen-bond donors (Lipinski definition) is 2. The first-order chi connectivity index (χ1) is 8.29. The van der Waals surface area contributed by atoms with Crippen molar-refractivity contribution in [2.45, 2.75) is 50.9 Å². The zero-order chi connectivity index (χ0) is 13.8. The van der Waals surface area contributed by atoms with Gasteiger partial charge in [-0.25, -0.2) is 4.79 Å². The summed E-state index contributed by atoms with van der Waals surface area (Å²) in [6, 6.07) is 1.82. The number of carbonyl (C=O) groups is 1. The second kappa shape index (κ2) is 5.81. The largest absolute Gasteiger partial charge is 0.444 e. The molecular formula is C12H20N2O3S. The molecule has 18 heavy (non-hydrogen) atoms. The number of nitriles is 1. The topological polar surface area (TPSA) is 82.3 Å². The van der Waals surface area contributed by atoms with Crippen LogP contribution in [0.25, 0.3) is 0 Å². The fourth-order valence-corrected chi connectivity index (χ4v) is 3.06. The molecule has 2 atom stereocenters. The van der Waals surface area contributed by atoms with Crippen molar-refractivity contribution in [3.63, 3.8) is 0 Å². The van der Waals surface area contributed by atoms with Gasteiger partial charge in [-0.3, -0.25) is 0 Å². The Morgan fingerprint density at radius 1 is 1.61 bits per heavy atom. The summed E-state index contributed by atoms with van der Waals surface area (Å²) in [4.78, 5) is 11.8. The third-order valence-electron chi connectivity index (χ3n) is 2.67. The third-order valence-corrected chi connectivity index (χ3v) is 3.96. The molecule has 1 fully saturated rings. The first-order valence-corrected chi connectivity index (χ1v) is 7.11. The number of aliphatic hydroxyl groups is 1. The Labute approximate surface area is 112 Å². The zero-order valence-corrected chi connectivity index (χ0v) is 11.8. The van der Waals surface area contributed by atoms with E-state index in [0.29, 0.717) is 12.2 Å². The fourth-order valence-electron chi connectivity index (χ4n) is 1.83. The first-order valence-electron chi connectivity index (χ1n) is 5.96. The van der Waals surface area contributed by atoms with Gasteiger partial charge in [0.2, 0.25) is 0 Å². The van der Waals surface area contributed by atoms with Crippen LogP contribution in [0.1, 0.15) is 33.6 Å². The highest BCUT2D eigenvalue weighted by atomic mass is 32.2. The molecule has 1 heterocycles. The Balaban J connectivity index is 2.74. The van der Waals surface area contributed by atoms with Gasteiger partial charge in [0.15, 0.2) is 6.10 Å². The van der Waals surface area contributed by atoms with Crippen LogP contribution in [0.5, 0.6) is 0 Å². The summed E-state index contributed by atoms with van der Waals surface area (Å²) >= 11 is 1.62. The van der Waals surface area contributed by atoms with E-state index in [9.17, 15) is 9.90 Å². The van der Waals surface area contributed by atoms with Crippen LogP contribution in [-0.2, 0) is 4.74 Å². The summed E-state index contributed by atoms with van der Waals surface area (Å²) in [5.41, 5.74) is -1.48. The van der Waals surface area contributed by atoms with Crippen LogP contribution in [0.15, 0.2) is 0 Å². The van der Waals surface area contributed by atoms with E-state index >= 15 is 0 Å². The lowest BCUT2D eigenvalue weighted by molar-refractivity contribution is 0.0341. The first kappa shape index (κ1) is 15.1. The van der Waals surface area contributed by atoms with Gasteiger partial charge in [-0.1, -0.05) is 0 Å². The second-order valence-electron chi connectivity index (χ2n) is 5.47. The number of carbonyl (C=O) groups excluding carboxylic acids is 1. The lowest BCUT2D eigenvalue weighted by atomic mass is 9.89. The third kappa shape index (κ3) is 4.07. The zero-order valence-electron chi connectivity index (χ0n) is 11.0. The Morgan fingerprint density at radius 2 is 2.28 bits per heavy atom. The number of nitrogens with one attached hydrogen (secondary N) is 1. The number of amides is 1. The SMILES string of the molecule is CC(C)(C)OC(=O)NC1(C(O)C#N)CCCSC1. The van der Waals surface area contributed by atoms with Crippen molar-refractivity contribution >= 4 is 17.9 Å². The maximum absolute atomic E-state index is 11.8. The van der Waals surface area contributed by atoms with Gasteiger partial charge in [-0.15, -0.1) is 0 Å². The van der Waals surface area contributed by atoms with Gasteiger partial charge in [0.25, 0.3) is 0 Å². The molecule has 0 spiro atoms. The van der Waals surface area contributed by atoms with E-state index in [-0.39, 0.29) is 0 Å². The smallest absolute Gasteiger partial charge is 0.408 e. The van der Waals surface area contributed by atoms with E-state index in [1.165, 1.54) is 0 Å². The monoisotopic (exact) mass is 272 g/mol. The van der Waals surface area contributed by atoms with Crippen molar-refractivity contribution in [1.29, 1.82) is 5.26 Å². The van der Waals surface area contributed by atoms with Crippen LogP contribution in [0.4, 0.5) is 4.79 Å². The van der Waals surface area contributed by atoms with Gasteiger partial charge >= 0.3 is 6.09 Å². The van der Waals surface area contributed by atoms with Crippen LogP contribution in [0, 0.1) is 11.3 Å². The van der Waals surface area contributed by atoms with E-state index < -0.39 is 23.3 Å². The van der Waals surface area contributed by atoms with Crippen molar-refractivity contribution in [3.8, 4) is 6.07 Å². The van der Waals surface area contributed by atoms with Gasteiger partial charge < -0.3 is 15.2 Å². The molecule has 1 aliphatic heterocycles. The summed E-state index contributed by atoms with van der Waals surface area (Å²) in [5.74, 6) is 1.51. The molecule has 0 aromatic carbocycles. The maximum atomic E-state index is 11.8. The quantitative estimate of drug-likeness (QED) is 0.747. The Hall–Kier alpha value is -0.930. The van der Waals surface area contributed by atoms with Crippen molar-refractivity contribution in [2.24, 2.45) is 0 Å². The molecule has 102 valence electrons. The second-order valence-corrected chi connectivity index (χ2v) is 6.58. The Bertz CT molecular complexity index is 340. The Kier molecular flexibility index (Phi) is 4.88. The highest BCUT2D eigenvalue weighted by Crippen LogP contribution is 2.30. The number of rotatable bonds is 2. The Morgan fingerprint density at radius 3 is 2.72 bits per heavy atom. The van der Waals surface area contributed by atoms with Gasteiger partial charge in [0.1, 0.15) is 5.60 Å². The lowest BCUT2D eigenvalue weighted by Crippen LogP contribution is -2.60. The standard InChI is InChI=1S/C12H20N2O3S/c1-11(2,3)17-10(16)14-12(9(15)7-13)5-4-6-18-8-12/h9,15H,4-6,8H2,1-3H3,(H,14,16). The van der Waals surface area contributed by atoms with E-state index in [1.807, 2.05) is 6.07 Å². The maximum Gasteiger partial charge on any atom is 0.408 e. The van der Waals surface area contributed by atoms with E-state index in [1.54, 1.807) is 32.5 Å². The molecule has 1 saturated heterocycles. The van der Waals surface area contributed by atoms with Gasteiger partial charge in [-0.05, 0) is 39.4 Å². The summed E-state index contributed by atoms with van der Waals surface area (Å²) in [7, 11) is 0. The van der Waals surface area contributed by atoms with Gasteiger partial charge in [-0.2, -0.15) is 17.0 Å². The van der Waals surface area contributed by atoms with Crippen molar-refractivity contribution in [2.75, 3.05) is 11.5 Å². The summed E-state index contributed by atoms with van der Waals surface area (Å²) < 4.78 is 5.18. The van der Waals surface area contributed by atoms with Crippen LogP contribution < -0.4 is 5.32 Å². The molecule has 0 aromatic rings. The summed E-state index contributed by atoms with van der Waals surface area (Å²) in [5, 5.41) is 21.4. The average molecular weight is 272 g/mol. The number of thioether (sulfide) groups is 1. The molecule has 2 unspecified atom stereocenters. The minimum Gasteiger partial charge on any atom is -0.444 e. The van der Waals surface area contributed by atoms with E-state index in [4.69, 9.17) is 10.00 Å². The summed E-state index contributed by atoms with van der Waals surface area (Å²) in [6.45, 7) is 5.32.